The predicted octanol–water partition coefficient (Wildman–Crippen LogP) is 3.34. The summed E-state index contributed by atoms with van der Waals surface area (Å²) in [5.74, 6) is 0.675. The lowest BCUT2D eigenvalue weighted by molar-refractivity contribution is -0.00886. The summed E-state index contributed by atoms with van der Waals surface area (Å²) in [6, 6.07) is 5.67. The average molecular weight is 371 g/mol. The minimum atomic E-state index is 0.483. The van der Waals surface area contributed by atoms with Gasteiger partial charge in [-0.25, -0.2) is 15.0 Å². The normalized spacial score (nSPS) is 16.6. The number of fused-ring (bicyclic) bond motifs is 1. The van der Waals surface area contributed by atoms with Crippen molar-refractivity contribution in [3.8, 4) is 11.1 Å². The molecule has 0 radical (unpaired) electrons. The third kappa shape index (κ3) is 3.72. The molecular formula is C19H23ClN6. The summed E-state index contributed by atoms with van der Waals surface area (Å²) in [6.07, 6.45) is 8.28. The van der Waals surface area contributed by atoms with Crippen LogP contribution >= 0.6 is 11.6 Å². The van der Waals surface area contributed by atoms with Crippen molar-refractivity contribution in [3.63, 3.8) is 0 Å². The number of halogens is 1. The lowest BCUT2D eigenvalue weighted by Gasteiger charge is -2.35. The topological polar surface area (TPSA) is 50.1 Å². The standard InChI is InChI=1S/C19H23ClN6/c1-24(2)26-7-5-14(6-8-26)12-25-13-16(11-22-25)15-9-18-17(21-10-15)3-4-19(20)23-18/h3-4,9-11,13-14H,5-8,12H2,1-2H3. The van der Waals surface area contributed by atoms with E-state index in [1.54, 1.807) is 6.07 Å². The van der Waals surface area contributed by atoms with Crippen molar-refractivity contribution in [1.82, 2.24) is 29.8 Å². The molecule has 7 heteroatoms. The van der Waals surface area contributed by atoms with E-state index < -0.39 is 0 Å². The number of hydrogen-bond acceptors (Lipinski definition) is 5. The average Bonchev–Trinajstić information content (AvgIpc) is 3.10. The largest absolute Gasteiger partial charge is 0.272 e. The van der Waals surface area contributed by atoms with Crippen LogP contribution in [0.4, 0.5) is 0 Å². The van der Waals surface area contributed by atoms with Crippen molar-refractivity contribution in [1.29, 1.82) is 0 Å². The molecule has 0 spiro atoms. The van der Waals surface area contributed by atoms with Crippen LogP contribution in [-0.2, 0) is 6.54 Å². The number of nitrogens with zero attached hydrogens (tertiary/aromatic N) is 6. The summed E-state index contributed by atoms with van der Waals surface area (Å²) < 4.78 is 2.06. The fraction of sp³-hybridized carbons (Fsp3) is 0.421. The van der Waals surface area contributed by atoms with Gasteiger partial charge in [-0.15, -0.1) is 0 Å². The fourth-order valence-corrected chi connectivity index (χ4v) is 3.67. The minimum Gasteiger partial charge on any atom is -0.272 e. The van der Waals surface area contributed by atoms with Crippen molar-refractivity contribution >= 4 is 22.6 Å². The fourth-order valence-electron chi connectivity index (χ4n) is 3.52. The highest BCUT2D eigenvalue weighted by atomic mass is 35.5. The number of piperidine rings is 1. The van der Waals surface area contributed by atoms with Gasteiger partial charge in [-0.3, -0.25) is 9.67 Å². The Hall–Kier alpha value is -2.02. The third-order valence-corrected chi connectivity index (χ3v) is 5.28. The second kappa shape index (κ2) is 7.31. The lowest BCUT2D eigenvalue weighted by atomic mass is 9.98. The van der Waals surface area contributed by atoms with Crippen molar-refractivity contribution in [2.45, 2.75) is 19.4 Å². The summed E-state index contributed by atoms with van der Waals surface area (Å²) in [5.41, 5.74) is 3.73. The monoisotopic (exact) mass is 370 g/mol. The van der Waals surface area contributed by atoms with Gasteiger partial charge in [0.2, 0.25) is 0 Å². The summed E-state index contributed by atoms with van der Waals surface area (Å²) in [5, 5.41) is 9.62. The molecule has 1 saturated heterocycles. The Morgan fingerprint density at radius 1 is 1.12 bits per heavy atom. The Balaban J connectivity index is 1.46. The Morgan fingerprint density at radius 2 is 1.92 bits per heavy atom. The SMILES string of the molecule is CN(C)N1CCC(Cn2cc(-c3cnc4ccc(Cl)nc4c3)cn2)CC1. The smallest absolute Gasteiger partial charge is 0.129 e. The number of rotatable bonds is 4. The van der Waals surface area contributed by atoms with Gasteiger partial charge in [-0.05, 0) is 37.0 Å². The van der Waals surface area contributed by atoms with E-state index in [0.29, 0.717) is 11.1 Å². The molecule has 4 heterocycles. The van der Waals surface area contributed by atoms with Crippen molar-refractivity contribution < 1.29 is 0 Å². The first kappa shape index (κ1) is 17.4. The molecule has 4 rings (SSSR count). The quantitative estimate of drug-likeness (QED) is 0.659. The van der Waals surface area contributed by atoms with Gasteiger partial charge >= 0.3 is 0 Å². The number of aromatic nitrogens is 4. The molecule has 1 aliphatic rings. The summed E-state index contributed by atoms with van der Waals surface area (Å²) in [6.45, 7) is 3.20. The Bertz CT molecular complexity index is 898. The predicted molar refractivity (Wildman–Crippen MR) is 104 cm³/mol. The highest BCUT2D eigenvalue weighted by molar-refractivity contribution is 6.29. The molecule has 3 aromatic rings. The molecule has 0 bridgehead atoms. The van der Waals surface area contributed by atoms with Crippen LogP contribution < -0.4 is 0 Å². The van der Waals surface area contributed by atoms with Gasteiger partial charge in [0.05, 0.1) is 17.2 Å². The van der Waals surface area contributed by atoms with E-state index in [1.165, 1.54) is 12.8 Å². The first-order valence-electron chi connectivity index (χ1n) is 8.96. The Kier molecular flexibility index (Phi) is 4.89. The maximum atomic E-state index is 6.00. The maximum Gasteiger partial charge on any atom is 0.129 e. The molecule has 0 aliphatic carbocycles. The molecule has 0 aromatic carbocycles. The molecule has 3 aromatic heterocycles. The van der Waals surface area contributed by atoms with E-state index in [9.17, 15) is 0 Å². The second-order valence-corrected chi connectivity index (χ2v) is 7.48. The Labute approximate surface area is 158 Å². The molecular weight excluding hydrogens is 348 g/mol. The van der Waals surface area contributed by atoms with Crippen molar-refractivity contribution in [3.05, 3.63) is 41.9 Å². The number of pyridine rings is 2. The van der Waals surface area contributed by atoms with Crippen LogP contribution in [0.5, 0.6) is 0 Å². The van der Waals surface area contributed by atoms with Gasteiger partial charge in [-0.2, -0.15) is 5.10 Å². The molecule has 1 fully saturated rings. The van der Waals surface area contributed by atoms with Gasteiger partial charge in [0, 0.05) is 57.3 Å². The zero-order valence-electron chi connectivity index (χ0n) is 15.1. The van der Waals surface area contributed by atoms with Crippen LogP contribution in [0.15, 0.2) is 36.8 Å². The highest BCUT2D eigenvalue weighted by Gasteiger charge is 2.21. The first-order valence-corrected chi connectivity index (χ1v) is 9.33. The molecule has 0 atom stereocenters. The Morgan fingerprint density at radius 3 is 2.69 bits per heavy atom. The zero-order valence-corrected chi connectivity index (χ0v) is 15.9. The van der Waals surface area contributed by atoms with E-state index in [4.69, 9.17) is 11.6 Å². The van der Waals surface area contributed by atoms with Gasteiger partial charge in [0.25, 0.3) is 0 Å². The summed E-state index contributed by atoms with van der Waals surface area (Å²) >= 11 is 6.00. The van der Waals surface area contributed by atoms with Gasteiger partial charge in [0.15, 0.2) is 0 Å². The number of hydrogen-bond donors (Lipinski definition) is 0. The molecule has 136 valence electrons. The van der Waals surface area contributed by atoms with E-state index in [1.807, 2.05) is 24.5 Å². The van der Waals surface area contributed by atoms with Crippen LogP contribution in [0.3, 0.4) is 0 Å². The van der Waals surface area contributed by atoms with Crippen molar-refractivity contribution in [2.24, 2.45) is 5.92 Å². The van der Waals surface area contributed by atoms with E-state index in [2.05, 4.69) is 50.1 Å². The number of hydrazine groups is 1. The van der Waals surface area contributed by atoms with Gasteiger partial charge in [-0.1, -0.05) is 11.6 Å². The summed E-state index contributed by atoms with van der Waals surface area (Å²) in [7, 11) is 4.22. The van der Waals surface area contributed by atoms with Crippen LogP contribution in [0.1, 0.15) is 12.8 Å². The third-order valence-electron chi connectivity index (χ3n) is 5.07. The molecule has 0 N–H and O–H groups in total. The van der Waals surface area contributed by atoms with Crippen molar-refractivity contribution in [2.75, 3.05) is 27.2 Å². The maximum absolute atomic E-state index is 6.00. The van der Waals surface area contributed by atoms with E-state index in [0.717, 1.165) is 41.8 Å². The summed E-state index contributed by atoms with van der Waals surface area (Å²) in [4.78, 5) is 8.83. The zero-order chi connectivity index (χ0) is 18.1. The molecule has 0 saturated carbocycles. The van der Waals surface area contributed by atoms with E-state index in [-0.39, 0.29) is 0 Å². The molecule has 0 amide bonds. The molecule has 0 unspecified atom stereocenters. The van der Waals surface area contributed by atoms with E-state index >= 15 is 0 Å². The lowest BCUT2D eigenvalue weighted by Crippen LogP contribution is -2.43. The minimum absolute atomic E-state index is 0.483. The van der Waals surface area contributed by atoms with Gasteiger partial charge < -0.3 is 0 Å². The van der Waals surface area contributed by atoms with Crippen LogP contribution in [0.25, 0.3) is 22.2 Å². The molecule has 26 heavy (non-hydrogen) atoms. The highest BCUT2D eigenvalue weighted by Crippen LogP contribution is 2.24. The molecule has 6 nitrogen and oxygen atoms in total. The molecule has 1 aliphatic heterocycles. The van der Waals surface area contributed by atoms with Crippen LogP contribution in [-0.4, -0.2) is 57.0 Å². The second-order valence-electron chi connectivity index (χ2n) is 7.09. The van der Waals surface area contributed by atoms with Crippen LogP contribution in [0, 0.1) is 5.92 Å². The van der Waals surface area contributed by atoms with Crippen LogP contribution in [0.2, 0.25) is 5.15 Å². The first-order chi connectivity index (χ1) is 12.6. The van der Waals surface area contributed by atoms with Gasteiger partial charge in [0.1, 0.15) is 5.15 Å².